The van der Waals surface area contributed by atoms with E-state index in [0.717, 1.165) is 41.5 Å². The van der Waals surface area contributed by atoms with Crippen molar-refractivity contribution >= 4 is 11.6 Å². The van der Waals surface area contributed by atoms with Crippen LogP contribution in [0.2, 0.25) is 5.02 Å². The third-order valence-electron chi connectivity index (χ3n) is 5.27. The van der Waals surface area contributed by atoms with E-state index >= 15 is 8.78 Å². The Kier molecular flexibility index (Phi) is 6.88. The van der Waals surface area contributed by atoms with Crippen molar-refractivity contribution in [2.24, 2.45) is 10.3 Å². The Hall–Kier alpha value is -3.35. The van der Waals surface area contributed by atoms with Crippen LogP contribution in [0.15, 0.2) is 65.1 Å². The Balaban J connectivity index is 1.61. The predicted molar refractivity (Wildman–Crippen MR) is 114 cm³/mol. The number of aromatic nitrogens is 1. The van der Waals surface area contributed by atoms with Gasteiger partial charge in [-0.3, -0.25) is 4.98 Å². The number of ether oxygens (including phenoxy) is 1. The molecule has 1 aliphatic rings. The first kappa shape index (κ1) is 24.8. The molecule has 1 aromatic heterocycles. The number of pyridine rings is 1. The molecule has 0 fully saturated rings. The topological polar surface area (TPSA) is 82.3 Å². The second kappa shape index (κ2) is 9.72. The first-order chi connectivity index (χ1) is 16.6. The molecule has 184 valence electrons. The molecule has 35 heavy (non-hydrogen) atoms. The quantitative estimate of drug-likeness (QED) is 0.421. The molecule has 4 rings (SSSR count). The van der Waals surface area contributed by atoms with Crippen molar-refractivity contribution < 1.29 is 31.8 Å². The molecular formula is C22H17ClF5N5O2. The van der Waals surface area contributed by atoms with Gasteiger partial charge in [0.25, 0.3) is 0 Å². The molecule has 7 nitrogen and oxygen atoms in total. The Labute approximate surface area is 200 Å². The molecule has 0 spiro atoms. The Bertz CT molecular complexity index is 1240. The highest BCUT2D eigenvalue weighted by Crippen LogP contribution is 2.46. The molecule has 2 heterocycles. The fourth-order valence-electron chi connectivity index (χ4n) is 3.44. The Morgan fingerprint density at radius 3 is 2.49 bits per heavy atom. The number of nitrogens with one attached hydrogen (secondary N) is 1. The Morgan fingerprint density at radius 2 is 1.86 bits per heavy atom. The lowest BCUT2D eigenvalue weighted by Crippen LogP contribution is -2.53. The van der Waals surface area contributed by atoms with E-state index in [1.165, 1.54) is 12.1 Å². The smallest absolute Gasteiger partial charge is 0.323 e. The lowest BCUT2D eigenvalue weighted by Gasteiger charge is -2.38. The van der Waals surface area contributed by atoms with Gasteiger partial charge in [0.2, 0.25) is 0 Å². The summed E-state index contributed by atoms with van der Waals surface area (Å²) < 4.78 is 78.7. The molecule has 1 aliphatic heterocycles. The van der Waals surface area contributed by atoms with Crippen molar-refractivity contribution in [3.05, 3.63) is 94.0 Å². The lowest BCUT2D eigenvalue weighted by atomic mass is 9.84. The maximum atomic E-state index is 15.7. The zero-order valence-electron chi connectivity index (χ0n) is 17.7. The first-order valence-electron chi connectivity index (χ1n) is 10.1. The summed E-state index contributed by atoms with van der Waals surface area (Å²) in [6, 6.07) is 7.89. The van der Waals surface area contributed by atoms with Crippen molar-refractivity contribution in [1.82, 2.24) is 15.5 Å². The molecule has 1 atom stereocenters. The van der Waals surface area contributed by atoms with Gasteiger partial charge in [0.15, 0.2) is 5.60 Å². The normalized spacial score (nSPS) is 15.6. The fourth-order valence-corrected chi connectivity index (χ4v) is 3.60. The minimum absolute atomic E-state index is 0.0363. The van der Waals surface area contributed by atoms with Gasteiger partial charge in [0.1, 0.15) is 42.2 Å². The predicted octanol–water partition coefficient (Wildman–Crippen LogP) is 4.86. The van der Waals surface area contributed by atoms with Gasteiger partial charge in [-0.2, -0.15) is 18.9 Å². The number of alkyl halides is 2. The number of hydrogen-bond donors (Lipinski definition) is 2. The largest absolute Gasteiger partial charge is 0.487 e. The molecular weight excluding hydrogens is 497 g/mol. The number of hydrogen-bond acceptors (Lipinski definition) is 7. The van der Waals surface area contributed by atoms with Gasteiger partial charge >= 0.3 is 5.92 Å². The number of benzene rings is 2. The SMILES string of the molecule is OC(CN1CN=NN1)(c1ccc(F)cc1F)C(F)(F)c1ccc(OCc2ccc(Cl)cc2F)cn1. The van der Waals surface area contributed by atoms with Gasteiger partial charge in [-0.05, 0) is 30.3 Å². The van der Waals surface area contributed by atoms with Crippen molar-refractivity contribution in [2.75, 3.05) is 13.2 Å². The highest BCUT2D eigenvalue weighted by atomic mass is 35.5. The summed E-state index contributed by atoms with van der Waals surface area (Å²) in [5.41, 5.74) is -2.48. The van der Waals surface area contributed by atoms with Crippen LogP contribution in [0.4, 0.5) is 22.0 Å². The fraction of sp³-hybridized carbons (Fsp3) is 0.227. The molecule has 2 N–H and O–H groups in total. The molecule has 0 saturated carbocycles. The second-order valence-corrected chi connectivity index (χ2v) is 8.08. The van der Waals surface area contributed by atoms with E-state index in [1.807, 2.05) is 0 Å². The minimum Gasteiger partial charge on any atom is -0.487 e. The average Bonchev–Trinajstić information content (AvgIpc) is 3.31. The van der Waals surface area contributed by atoms with Crippen LogP contribution in [0.25, 0.3) is 0 Å². The number of nitrogens with zero attached hydrogens (tertiary/aromatic N) is 4. The molecule has 1 unspecified atom stereocenters. The van der Waals surface area contributed by atoms with E-state index in [2.05, 4.69) is 20.9 Å². The summed E-state index contributed by atoms with van der Waals surface area (Å²) in [7, 11) is 0. The third kappa shape index (κ3) is 5.04. The summed E-state index contributed by atoms with van der Waals surface area (Å²) in [5.74, 6) is -7.11. The van der Waals surface area contributed by atoms with Crippen LogP contribution < -0.4 is 10.3 Å². The van der Waals surface area contributed by atoms with E-state index in [0.29, 0.717) is 6.07 Å². The van der Waals surface area contributed by atoms with Crippen LogP contribution in [0.5, 0.6) is 5.75 Å². The van der Waals surface area contributed by atoms with Crippen molar-refractivity contribution in [3.8, 4) is 5.75 Å². The molecule has 0 aliphatic carbocycles. The molecule has 0 bridgehead atoms. The van der Waals surface area contributed by atoms with Crippen molar-refractivity contribution in [3.63, 3.8) is 0 Å². The zero-order valence-corrected chi connectivity index (χ0v) is 18.5. The number of halogens is 6. The zero-order chi connectivity index (χ0) is 25.2. The van der Waals surface area contributed by atoms with E-state index in [4.69, 9.17) is 16.3 Å². The summed E-state index contributed by atoms with van der Waals surface area (Å²) in [4.78, 5) is 3.68. The second-order valence-electron chi connectivity index (χ2n) is 7.64. The van der Waals surface area contributed by atoms with Gasteiger partial charge in [0, 0.05) is 22.2 Å². The molecule has 0 amide bonds. The summed E-state index contributed by atoms with van der Waals surface area (Å²) >= 11 is 5.70. The van der Waals surface area contributed by atoms with Crippen LogP contribution in [0.3, 0.4) is 0 Å². The number of hydrazine groups is 1. The van der Waals surface area contributed by atoms with Crippen LogP contribution in [0, 0.1) is 17.5 Å². The van der Waals surface area contributed by atoms with Crippen molar-refractivity contribution in [1.29, 1.82) is 0 Å². The van der Waals surface area contributed by atoms with E-state index < -0.39 is 46.8 Å². The van der Waals surface area contributed by atoms with Crippen molar-refractivity contribution in [2.45, 2.75) is 18.1 Å². The Morgan fingerprint density at radius 1 is 1.06 bits per heavy atom. The van der Waals surface area contributed by atoms with E-state index in [1.54, 1.807) is 0 Å². The van der Waals surface area contributed by atoms with Gasteiger partial charge in [-0.1, -0.05) is 29.0 Å². The number of rotatable bonds is 8. The average molecular weight is 514 g/mol. The van der Waals surface area contributed by atoms with Gasteiger partial charge in [-0.25, -0.2) is 18.7 Å². The van der Waals surface area contributed by atoms with E-state index in [-0.39, 0.29) is 29.6 Å². The van der Waals surface area contributed by atoms with Crippen LogP contribution in [-0.4, -0.2) is 28.3 Å². The molecule has 3 aromatic rings. The number of aliphatic hydroxyl groups is 1. The standard InChI is InChI=1S/C22H17ClF5N5O2/c23-14-2-1-13(18(25)7-14)10-35-16-4-6-20(29-9-16)22(27,28)21(34,11-33-12-30-31-32-33)17-5-3-15(24)8-19(17)26/h1-9,34H,10-12H2,(H,30,32). The van der Waals surface area contributed by atoms with E-state index in [9.17, 15) is 18.3 Å². The first-order valence-corrected chi connectivity index (χ1v) is 10.4. The van der Waals surface area contributed by atoms with Crippen LogP contribution >= 0.6 is 11.6 Å². The minimum atomic E-state index is -4.17. The highest BCUT2D eigenvalue weighted by Gasteiger charge is 2.58. The van der Waals surface area contributed by atoms with Gasteiger partial charge in [0.05, 0.1) is 12.7 Å². The molecule has 0 radical (unpaired) electrons. The number of β-amino-alcohol motifs (C(OH)–C–C–N with tert-alkyl or cyclic N) is 1. The molecule has 13 heteroatoms. The maximum Gasteiger partial charge on any atom is 0.323 e. The summed E-state index contributed by atoms with van der Waals surface area (Å²) in [6.07, 6.45) is 0.956. The third-order valence-corrected chi connectivity index (χ3v) is 5.51. The molecule has 2 aromatic carbocycles. The monoisotopic (exact) mass is 513 g/mol. The van der Waals surface area contributed by atoms with Gasteiger partial charge in [-0.15, -0.1) is 0 Å². The highest BCUT2D eigenvalue weighted by molar-refractivity contribution is 6.30. The lowest BCUT2D eigenvalue weighted by molar-refractivity contribution is -0.210. The van der Waals surface area contributed by atoms with Crippen LogP contribution in [0.1, 0.15) is 16.8 Å². The summed E-state index contributed by atoms with van der Waals surface area (Å²) in [5, 5.41) is 19.4. The maximum absolute atomic E-state index is 15.7. The molecule has 0 saturated heterocycles. The van der Waals surface area contributed by atoms with Gasteiger partial charge < -0.3 is 9.84 Å². The van der Waals surface area contributed by atoms with Crippen LogP contribution in [-0.2, 0) is 18.1 Å². The summed E-state index contributed by atoms with van der Waals surface area (Å²) in [6.45, 7) is -1.28.